The van der Waals surface area contributed by atoms with Crippen LogP contribution in [0.4, 0.5) is 5.82 Å². The zero-order valence-electron chi connectivity index (χ0n) is 16.0. The zero-order valence-corrected chi connectivity index (χ0v) is 16.0. The second-order valence-corrected chi connectivity index (χ2v) is 6.68. The summed E-state index contributed by atoms with van der Waals surface area (Å²) in [4.78, 5) is 24.7. The number of rotatable bonds is 5. The third-order valence-electron chi connectivity index (χ3n) is 4.54. The number of benzene rings is 2. The predicted octanol–water partition coefficient (Wildman–Crippen LogP) is 3.61. The Morgan fingerprint density at radius 1 is 1.14 bits per heavy atom. The number of hydrogen-bond donors (Lipinski definition) is 1. The van der Waals surface area contributed by atoms with Crippen LogP contribution in [0.5, 0.6) is 5.75 Å². The van der Waals surface area contributed by atoms with Crippen LogP contribution in [0.1, 0.15) is 21.5 Å². The molecule has 0 atom stereocenters. The van der Waals surface area contributed by atoms with Crippen molar-refractivity contribution in [3.05, 3.63) is 87.9 Å². The minimum Gasteiger partial charge on any atom is -0.497 e. The lowest BCUT2D eigenvalue weighted by molar-refractivity contribution is 0.102. The zero-order chi connectivity index (χ0) is 20.4. The summed E-state index contributed by atoms with van der Waals surface area (Å²) in [6.45, 7) is 2.63. The molecule has 0 saturated carbocycles. The summed E-state index contributed by atoms with van der Waals surface area (Å²) in [6.07, 6.45) is 1.79. The monoisotopic (exact) mass is 389 g/mol. The van der Waals surface area contributed by atoms with Crippen molar-refractivity contribution < 1.29 is 13.9 Å². The first kappa shape index (κ1) is 18.5. The lowest BCUT2D eigenvalue weighted by Crippen LogP contribution is -2.16. The van der Waals surface area contributed by atoms with Crippen LogP contribution in [0.3, 0.4) is 0 Å². The van der Waals surface area contributed by atoms with Crippen molar-refractivity contribution in [3.8, 4) is 5.75 Å². The lowest BCUT2D eigenvalue weighted by Gasteiger charge is -2.07. The summed E-state index contributed by atoms with van der Waals surface area (Å²) < 4.78 is 12.1. The van der Waals surface area contributed by atoms with Crippen LogP contribution in [-0.2, 0) is 6.54 Å². The van der Waals surface area contributed by atoms with Gasteiger partial charge in [0.25, 0.3) is 5.91 Å². The highest BCUT2D eigenvalue weighted by Gasteiger charge is 2.15. The van der Waals surface area contributed by atoms with E-state index >= 15 is 0 Å². The standard InChI is InChI=1S/C22H19N3O4/c1-14-3-5-15(6-4-14)13-25-10-9-20(24-25)23-22(27)18-12-21(26)29-19-11-16(28-2)7-8-17(18)19/h3-12H,13H2,1-2H3,(H,23,24,27). The van der Waals surface area contributed by atoms with Gasteiger partial charge in [-0.2, -0.15) is 5.10 Å². The Labute approximate surface area is 166 Å². The third-order valence-corrected chi connectivity index (χ3v) is 4.54. The lowest BCUT2D eigenvalue weighted by atomic mass is 10.1. The summed E-state index contributed by atoms with van der Waals surface area (Å²) in [5, 5.41) is 7.64. The summed E-state index contributed by atoms with van der Waals surface area (Å²) >= 11 is 0. The molecule has 0 unspecified atom stereocenters. The highest BCUT2D eigenvalue weighted by atomic mass is 16.5. The maximum atomic E-state index is 12.8. The number of aryl methyl sites for hydroxylation is 1. The van der Waals surface area contributed by atoms with Crippen molar-refractivity contribution >= 4 is 22.7 Å². The number of nitrogens with zero attached hydrogens (tertiary/aromatic N) is 2. The third kappa shape index (κ3) is 4.03. The molecule has 2 heterocycles. The quantitative estimate of drug-likeness (QED) is 0.527. The highest BCUT2D eigenvalue weighted by molar-refractivity contribution is 6.11. The molecule has 1 N–H and O–H groups in total. The van der Waals surface area contributed by atoms with Gasteiger partial charge < -0.3 is 14.5 Å². The second kappa shape index (κ2) is 7.63. The van der Waals surface area contributed by atoms with Gasteiger partial charge in [-0.15, -0.1) is 0 Å². The van der Waals surface area contributed by atoms with E-state index in [1.54, 1.807) is 35.1 Å². The molecule has 2 aromatic heterocycles. The normalized spacial score (nSPS) is 10.8. The SMILES string of the molecule is COc1ccc2c(C(=O)Nc3ccn(Cc4ccc(C)cc4)n3)cc(=O)oc2c1. The molecule has 1 amide bonds. The molecule has 0 spiro atoms. The fourth-order valence-electron chi connectivity index (χ4n) is 3.04. The van der Waals surface area contributed by atoms with Crippen molar-refractivity contribution in [1.82, 2.24) is 9.78 Å². The van der Waals surface area contributed by atoms with Gasteiger partial charge >= 0.3 is 5.63 Å². The van der Waals surface area contributed by atoms with Gasteiger partial charge in [-0.3, -0.25) is 9.48 Å². The maximum Gasteiger partial charge on any atom is 0.337 e. The van der Waals surface area contributed by atoms with Crippen molar-refractivity contribution in [2.24, 2.45) is 0 Å². The Bertz CT molecular complexity index is 1240. The largest absolute Gasteiger partial charge is 0.497 e. The van der Waals surface area contributed by atoms with Gasteiger partial charge in [0.1, 0.15) is 11.3 Å². The molecule has 0 radical (unpaired) electrons. The van der Waals surface area contributed by atoms with E-state index in [1.165, 1.54) is 18.7 Å². The number of carbonyl (C=O) groups excluding carboxylic acids is 1. The number of anilines is 1. The molecule has 7 nitrogen and oxygen atoms in total. The van der Waals surface area contributed by atoms with Crippen molar-refractivity contribution in [3.63, 3.8) is 0 Å². The van der Waals surface area contributed by atoms with Gasteiger partial charge in [0.05, 0.1) is 19.2 Å². The molecule has 7 heteroatoms. The van der Waals surface area contributed by atoms with E-state index in [4.69, 9.17) is 9.15 Å². The number of nitrogens with one attached hydrogen (secondary N) is 1. The fraction of sp³-hybridized carbons (Fsp3) is 0.136. The molecule has 2 aromatic carbocycles. The van der Waals surface area contributed by atoms with Gasteiger partial charge in [-0.1, -0.05) is 29.8 Å². The summed E-state index contributed by atoms with van der Waals surface area (Å²) in [7, 11) is 1.52. The number of carbonyl (C=O) groups is 1. The molecule has 146 valence electrons. The topological polar surface area (TPSA) is 86.4 Å². The molecule has 4 aromatic rings. The van der Waals surface area contributed by atoms with Crippen LogP contribution >= 0.6 is 0 Å². The number of fused-ring (bicyclic) bond motifs is 1. The van der Waals surface area contributed by atoms with Crippen LogP contribution in [-0.4, -0.2) is 22.8 Å². The van der Waals surface area contributed by atoms with E-state index in [2.05, 4.69) is 10.4 Å². The fourth-order valence-corrected chi connectivity index (χ4v) is 3.04. The highest BCUT2D eigenvalue weighted by Crippen LogP contribution is 2.23. The summed E-state index contributed by atoms with van der Waals surface area (Å²) in [5.74, 6) is 0.499. The van der Waals surface area contributed by atoms with Crippen molar-refractivity contribution in [2.45, 2.75) is 13.5 Å². The molecular weight excluding hydrogens is 370 g/mol. The molecule has 0 aliphatic heterocycles. The van der Waals surface area contributed by atoms with Crippen LogP contribution in [0.2, 0.25) is 0 Å². The van der Waals surface area contributed by atoms with Crippen LogP contribution < -0.4 is 15.7 Å². The molecule has 0 fully saturated rings. The van der Waals surface area contributed by atoms with E-state index in [-0.39, 0.29) is 11.1 Å². The Morgan fingerprint density at radius 2 is 1.93 bits per heavy atom. The maximum absolute atomic E-state index is 12.8. The van der Waals surface area contributed by atoms with Crippen molar-refractivity contribution in [1.29, 1.82) is 0 Å². The first-order valence-electron chi connectivity index (χ1n) is 9.04. The Morgan fingerprint density at radius 3 is 2.69 bits per heavy atom. The predicted molar refractivity (Wildman–Crippen MR) is 109 cm³/mol. The summed E-state index contributed by atoms with van der Waals surface area (Å²) in [5.41, 5.74) is 2.19. The number of methoxy groups -OCH3 is 1. The summed E-state index contributed by atoms with van der Waals surface area (Å²) in [6, 6.07) is 16.0. The van der Waals surface area contributed by atoms with E-state index in [1.807, 2.05) is 31.2 Å². The molecule has 29 heavy (non-hydrogen) atoms. The number of ether oxygens (including phenoxy) is 1. The average Bonchev–Trinajstić information content (AvgIpc) is 3.15. The first-order chi connectivity index (χ1) is 14.0. The molecule has 0 aliphatic rings. The number of aromatic nitrogens is 2. The van der Waals surface area contributed by atoms with Gasteiger partial charge in [0.2, 0.25) is 0 Å². The van der Waals surface area contributed by atoms with Gasteiger partial charge in [0, 0.05) is 29.8 Å². The van der Waals surface area contributed by atoms with Crippen LogP contribution in [0.15, 0.2) is 70.0 Å². The van der Waals surface area contributed by atoms with E-state index in [0.29, 0.717) is 23.5 Å². The molecule has 4 rings (SSSR count). The van der Waals surface area contributed by atoms with Crippen LogP contribution in [0.25, 0.3) is 11.0 Å². The number of amides is 1. The van der Waals surface area contributed by atoms with E-state index < -0.39 is 11.5 Å². The van der Waals surface area contributed by atoms with E-state index in [0.717, 1.165) is 5.56 Å². The smallest absolute Gasteiger partial charge is 0.337 e. The molecule has 0 bridgehead atoms. The first-order valence-corrected chi connectivity index (χ1v) is 9.04. The van der Waals surface area contributed by atoms with Gasteiger partial charge in [-0.05, 0) is 24.6 Å². The van der Waals surface area contributed by atoms with Gasteiger partial charge in [-0.25, -0.2) is 4.79 Å². The average molecular weight is 389 g/mol. The van der Waals surface area contributed by atoms with E-state index in [9.17, 15) is 9.59 Å². The molecular formula is C22H19N3O4. The van der Waals surface area contributed by atoms with Crippen molar-refractivity contribution in [2.75, 3.05) is 12.4 Å². The minimum atomic E-state index is -0.610. The Kier molecular flexibility index (Phi) is 4.87. The molecule has 0 aliphatic carbocycles. The second-order valence-electron chi connectivity index (χ2n) is 6.68. The Hall–Kier alpha value is -3.87. The Balaban J connectivity index is 1.56. The van der Waals surface area contributed by atoms with Crippen LogP contribution in [0, 0.1) is 6.92 Å². The number of hydrogen-bond acceptors (Lipinski definition) is 5. The molecule has 0 saturated heterocycles. The minimum absolute atomic E-state index is 0.215. The van der Waals surface area contributed by atoms with Gasteiger partial charge in [0.15, 0.2) is 5.82 Å².